The van der Waals surface area contributed by atoms with E-state index in [4.69, 9.17) is 9.47 Å². The summed E-state index contributed by atoms with van der Waals surface area (Å²) in [6.07, 6.45) is 28.4. The topological polar surface area (TPSA) is 72.0 Å². The van der Waals surface area contributed by atoms with Gasteiger partial charge in [0.1, 0.15) is 0 Å². The standard InChI is InChI=1S/C72H144N6O4S6/c1-57(2)65(83-49-41-73(7)8)37-29-59(5)67(85-51-43-75(11)12)39-35-61-31-33-63(55-69(61)87-53-45-77(15)16)71(79)81-47-27-25-23-21-19-20-22-24-26-28-48-82-72(80)64-34-32-62(70(56-64)88-54-46-78(17)18)36-40-68(86-52-44-76(13)14)60(6)30-38-66(58(3)4)84-50-42-74(9)10/h57-70H,19-56H2,1-18H3. The van der Waals surface area contributed by atoms with Crippen LogP contribution in [0.4, 0.5) is 0 Å². The smallest absolute Gasteiger partial charge is 0.308 e. The molecule has 0 N–H and O–H groups in total. The Morgan fingerprint density at radius 2 is 0.648 bits per heavy atom. The first kappa shape index (κ1) is 84.9. The Bertz CT molecular complexity index is 1570. The van der Waals surface area contributed by atoms with Gasteiger partial charge in [0, 0.05) is 105 Å². The van der Waals surface area contributed by atoms with E-state index in [1.54, 1.807) is 0 Å². The van der Waals surface area contributed by atoms with Gasteiger partial charge in [0.05, 0.1) is 25.0 Å². The van der Waals surface area contributed by atoms with Crippen molar-refractivity contribution in [2.24, 2.45) is 47.3 Å². The lowest BCUT2D eigenvalue weighted by Crippen LogP contribution is -2.34. The van der Waals surface area contributed by atoms with E-state index in [1.165, 1.54) is 113 Å². The first-order valence-electron chi connectivity index (χ1n) is 35.9. The van der Waals surface area contributed by atoms with Crippen LogP contribution in [0, 0.1) is 47.3 Å². The van der Waals surface area contributed by atoms with Gasteiger partial charge in [-0.15, -0.1) is 0 Å². The molecule has 0 amide bonds. The van der Waals surface area contributed by atoms with Gasteiger partial charge in [0.15, 0.2) is 0 Å². The molecule has 0 radical (unpaired) electrons. The molecule has 2 aliphatic carbocycles. The number of nitrogens with zero attached hydrogens (tertiary/aromatic N) is 6. The average Bonchev–Trinajstić information content (AvgIpc) is 2.49. The number of carbonyl (C=O) groups excluding carboxylic acids is 2. The molecule has 0 heterocycles. The molecule has 2 fully saturated rings. The van der Waals surface area contributed by atoms with Gasteiger partial charge in [-0.2, -0.15) is 70.6 Å². The van der Waals surface area contributed by atoms with E-state index in [2.05, 4.69) is 226 Å². The molecule has 0 spiro atoms. The number of unbranched alkanes of at least 4 members (excludes halogenated alkanes) is 9. The van der Waals surface area contributed by atoms with Crippen molar-refractivity contribution in [1.82, 2.24) is 29.4 Å². The average molecular weight is 1350 g/mol. The van der Waals surface area contributed by atoms with E-state index < -0.39 is 0 Å². The monoisotopic (exact) mass is 1350 g/mol. The first-order valence-corrected chi connectivity index (χ1v) is 42.2. The predicted octanol–water partition coefficient (Wildman–Crippen LogP) is 16.5. The Balaban J connectivity index is 1.74. The molecule has 10 nitrogen and oxygen atoms in total. The third-order valence-electron chi connectivity index (χ3n) is 19.0. The highest BCUT2D eigenvalue weighted by atomic mass is 32.2. The van der Waals surface area contributed by atoms with Crippen molar-refractivity contribution in [2.45, 2.75) is 227 Å². The van der Waals surface area contributed by atoms with E-state index in [9.17, 15) is 9.59 Å². The number of esters is 2. The maximum absolute atomic E-state index is 13.6. The highest BCUT2D eigenvalue weighted by molar-refractivity contribution is 8.01. The predicted molar refractivity (Wildman–Crippen MR) is 403 cm³/mol. The Kier molecular flexibility index (Phi) is 50.2. The molecule has 12 atom stereocenters. The van der Waals surface area contributed by atoms with Crippen LogP contribution in [0.5, 0.6) is 0 Å². The third-order valence-corrected chi connectivity index (χ3v) is 28.2. The van der Waals surface area contributed by atoms with Gasteiger partial charge in [-0.25, -0.2) is 0 Å². The minimum Gasteiger partial charge on any atom is -0.465 e. The second-order valence-electron chi connectivity index (χ2n) is 29.4. The van der Waals surface area contributed by atoms with Gasteiger partial charge < -0.3 is 38.9 Å². The molecular formula is C72H144N6O4S6. The summed E-state index contributed by atoms with van der Waals surface area (Å²) < 4.78 is 12.1. The summed E-state index contributed by atoms with van der Waals surface area (Å²) in [7, 11) is 26.3. The fourth-order valence-electron chi connectivity index (χ4n) is 12.7. The minimum atomic E-state index is 0.0496. The lowest BCUT2D eigenvalue weighted by molar-refractivity contribution is -0.150. The molecule has 0 aromatic carbocycles. The van der Waals surface area contributed by atoms with Gasteiger partial charge in [-0.05, 0) is 223 Å². The van der Waals surface area contributed by atoms with E-state index in [-0.39, 0.29) is 23.8 Å². The van der Waals surface area contributed by atoms with Crippen molar-refractivity contribution in [3.05, 3.63) is 0 Å². The molecule has 0 aromatic rings. The van der Waals surface area contributed by atoms with Gasteiger partial charge in [0.2, 0.25) is 0 Å². The third kappa shape index (κ3) is 41.7. The van der Waals surface area contributed by atoms with E-state index in [0.29, 0.717) is 69.7 Å². The Labute approximate surface area is 572 Å². The summed E-state index contributed by atoms with van der Waals surface area (Å²) >= 11 is 13.1. The van der Waals surface area contributed by atoms with Crippen molar-refractivity contribution in [1.29, 1.82) is 0 Å². The lowest BCUT2D eigenvalue weighted by atomic mass is 9.78. The van der Waals surface area contributed by atoms with E-state index in [0.717, 1.165) is 125 Å². The second kappa shape index (κ2) is 52.0. The van der Waals surface area contributed by atoms with Gasteiger partial charge >= 0.3 is 11.9 Å². The maximum atomic E-state index is 13.6. The number of thioether (sulfide) groups is 6. The fourth-order valence-corrected chi connectivity index (χ4v) is 22.0. The zero-order valence-corrected chi connectivity index (χ0v) is 65.6. The molecule has 0 saturated heterocycles. The molecule has 16 heteroatoms. The van der Waals surface area contributed by atoms with Crippen LogP contribution in [0.2, 0.25) is 0 Å². The lowest BCUT2D eigenvalue weighted by Gasteiger charge is -2.36. The summed E-state index contributed by atoms with van der Waals surface area (Å²) in [5.74, 6) is 11.5. The molecule has 522 valence electrons. The Hall–Kier alpha value is 0.800. The van der Waals surface area contributed by atoms with Crippen LogP contribution in [0.3, 0.4) is 0 Å². The van der Waals surface area contributed by atoms with Crippen molar-refractivity contribution in [2.75, 3.05) is 172 Å². The number of rotatable bonds is 55. The number of hydrogen-bond acceptors (Lipinski definition) is 16. The normalized spacial score (nSPS) is 21.6. The zero-order valence-electron chi connectivity index (χ0n) is 60.7. The Morgan fingerprint density at radius 3 is 0.943 bits per heavy atom. The number of ether oxygens (including phenoxy) is 2. The first-order chi connectivity index (χ1) is 42.0. The highest BCUT2D eigenvalue weighted by Crippen LogP contribution is 2.44. The molecule has 0 bridgehead atoms. The molecule has 88 heavy (non-hydrogen) atoms. The zero-order chi connectivity index (χ0) is 65.2. The molecule has 2 rings (SSSR count). The quantitative estimate of drug-likeness (QED) is 0.0428. The van der Waals surface area contributed by atoms with Gasteiger partial charge in [-0.1, -0.05) is 92.9 Å². The molecular weight excluding hydrogens is 1210 g/mol. The van der Waals surface area contributed by atoms with Crippen LogP contribution in [0.15, 0.2) is 0 Å². The highest BCUT2D eigenvalue weighted by Gasteiger charge is 2.37. The van der Waals surface area contributed by atoms with Crippen molar-refractivity contribution in [3.8, 4) is 0 Å². The van der Waals surface area contributed by atoms with Crippen LogP contribution in [0.25, 0.3) is 0 Å². The van der Waals surface area contributed by atoms with Crippen molar-refractivity contribution >= 4 is 82.5 Å². The largest absolute Gasteiger partial charge is 0.465 e. The number of hydrogen-bond donors (Lipinski definition) is 0. The van der Waals surface area contributed by atoms with Gasteiger partial charge in [-0.3, -0.25) is 9.59 Å². The van der Waals surface area contributed by atoms with Crippen LogP contribution >= 0.6 is 70.6 Å². The summed E-state index contributed by atoms with van der Waals surface area (Å²) in [4.78, 5) is 41.1. The summed E-state index contributed by atoms with van der Waals surface area (Å²) in [6, 6.07) is 0. The van der Waals surface area contributed by atoms with E-state index in [1.807, 2.05) is 0 Å². The van der Waals surface area contributed by atoms with E-state index >= 15 is 0 Å². The fraction of sp³-hybridized carbons (Fsp3) is 0.972. The molecule has 12 unspecified atom stereocenters. The Morgan fingerprint density at radius 1 is 0.364 bits per heavy atom. The molecule has 2 aliphatic rings. The second-order valence-corrected chi connectivity index (χ2v) is 37.5. The molecule has 0 aliphatic heterocycles. The van der Waals surface area contributed by atoms with Crippen molar-refractivity contribution in [3.63, 3.8) is 0 Å². The molecule has 2 saturated carbocycles. The SMILES string of the molecule is CC(C)C(CCC(C)C(CCC1CCC(C(=O)OCCCCCCCCCCCCOC(=O)C2CCC(CCC(SCCN(C)C)C(C)CCC(SCCN(C)C)C(C)C)C(SCCN(C)C)C2)CC1SCCN(C)C)SCCN(C)C)SCCN(C)C. The van der Waals surface area contributed by atoms with Crippen LogP contribution < -0.4 is 0 Å². The molecule has 0 aromatic heterocycles. The van der Waals surface area contributed by atoms with Crippen LogP contribution in [-0.2, 0) is 19.1 Å². The van der Waals surface area contributed by atoms with Gasteiger partial charge in [0.25, 0.3) is 0 Å². The van der Waals surface area contributed by atoms with Crippen LogP contribution in [0.1, 0.15) is 196 Å². The summed E-state index contributed by atoms with van der Waals surface area (Å²) in [5, 5.41) is 3.91. The summed E-state index contributed by atoms with van der Waals surface area (Å²) in [5.41, 5.74) is 0. The van der Waals surface area contributed by atoms with Crippen molar-refractivity contribution < 1.29 is 19.1 Å². The summed E-state index contributed by atoms with van der Waals surface area (Å²) in [6.45, 7) is 22.7. The van der Waals surface area contributed by atoms with Crippen LogP contribution in [-0.4, -0.2) is 244 Å². The maximum Gasteiger partial charge on any atom is 0.308 e. The minimum absolute atomic E-state index is 0.0496. The number of carbonyl (C=O) groups is 2.